The average Bonchev–Trinajstić information content (AvgIpc) is 2.83. The molecule has 33 heavy (non-hydrogen) atoms. The molecule has 1 fully saturated rings. The third-order valence-corrected chi connectivity index (χ3v) is 6.07. The van der Waals surface area contributed by atoms with Crippen molar-refractivity contribution in [3.8, 4) is 11.8 Å². The zero-order chi connectivity index (χ0) is 23.4. The van der Waals surface area contributed by atoms with Crippen LogP contribution in [0.25, 0.3) is 5.69 Å². The van der Waals surface area contributed by atoms with Gasteiger partial charge in [-0.1, -0.05) is 42.5 Å². The van der Waals surface area contributed by atoms with Crippen LogP contribution >= 0.6 is 9.24 Å². The molecule has 2 unspecified atom stereocenters. The second kappa shape index (κ2) is 10.1. The Balaban J connectivity index is 1.56. The number of ether oxygens (including phenoxy) is 1. The van der Waals surface area contributed by atoms with Crippen LogP contribution in [0, 0.1) is 11.3 Å². The van der Waals surface area contributed by atoms with E-state index in [2.05, 4.69) is 43.7 Å². The van der Waals surface area contributed by atoms with Crippen LogP contribution in [0.5, 0.6) is 0 Å². The minimum absolute atomic E-state index is 0.105. The summed E-state index contributed by atoms with van der Waals surface area (Å²) in [5.41, 5.74) is 0.551. The van der Waals surface area contributed by atoms with E-state index in [4.69, 9.17) is 4.74 Å². The number of hydrogen-bond donors (Lipinski definition) is 1. The molecule has 0 amide bonds. The largest absolute Gasteiger partial charge is 0.374 e. The zero-order valence-electron chi connectivity index (χ0n) is 18.4. The quantitative estimate of drug-likeness (QED) is 0.553. The SMILES string of the molecule is Cn1c(=O)c(C#N)c(NCC2CN(Cc3ccc(P)cc3)CCO2)n(-c2ccccc2)c1=O. The van der Waals surface area contributed by atoms with E-state index in [1.807, 2.05) is 12.1 Å². The topological polar surface area (TPSA) is 92.3 Å². The molecule has 3 aromatic rings. The van der Waals surface area contributed by atoms with Crippen LogP contribution < -0.4 is 21.9 Å². The molecule has 8 nitrogen and oxygen atoms in total. The fourth-order valence-corrected chi connectivity index (χ4v) is 4.13. The third-order valence-electron chi connectivity index (χ3n) is 5.69. The van der Waals surface area contributed by atoms with E-state index in [1.165, 1.54) is 17.2 Å². The van der Waals surface area contributed by atoms with Crippen molar-refractivity contribution >= 4 is 20.4 Å². The van der Waals surface area contributed by atoms with Crippen molar-refractivity contribution in [1.29, 1.82) is 5.26 Å². The molecule has 1 aliphatic rings. The van der Waals surface area contributed by atoms with Gasteiger partial charge in [0.1, 0.15) is 11.9 Å². The van der Waals surface area contributed by atoms with E-state index in [0.29, 0.717) is 25.4 Å². The number of rotatable bonds is 6. The molecule has 170 valence electrons. The maximum Gasteiger partial charge on any atom is 0.337 e. The Hall–Kier alpha value is -3.24. The van der Waals surface area contributed by atoms with Crippen molar-refractivity contribution in [2.75, 3.05) is 31.6 Å². The predicted molar refractivity (Wildman–Crippen MR) is 131 cm³/mol. The Kier molecular flexibility index (Phi) is 7.05. The first-order valence-corrected chi connectivity index (χ1v) is 11.3. The van der Waals surface area contributed by atoms with Crippen molar-refractivity contribution in [3.05, 3.63) is 86.6 Å². The molecule has 0 bridgehead atoms. The molecular weight excluding hydrogens is 437 g/mol. The van der Waals surface area contributed by atoms with Crippen molar-refractivity contribution in [1.82, 2.24) is 14.0 Å². The number of nitrogens with one attached hydrogen (secondary N) is 1. The van der Waals surface area contributed by atoms with Crippen LogP contribution in [0.15, 0.2) is 64.2 Å². The molecule has 0 radical (unpaired) electrons. The normalized spacial score (nSPS) is 16.3. The molecule has 1 saturated heterocycles. The summed E-state index contributed by atoms with van der Waals surface area (Å²) in [6, 6.07) is 19.3. The number of morpholine rings is 1. The van der Waals surface area contributed by atoms with Gasteiger partial charge in [-0.2, -0.15) is 5.26 Å². The summed E-state index contributed by atoms with van der Waals surface area (Å²) in [5.74, 6) is 0.188. The predicted octanol–water partition coefficient (Wildman–Crippen LogP) is 1.22. The van der Waals surface area contributed by atoms with Gasteiger partial charge in [0.15, 0.2) is 5.56 Å². The van der Waals surface area contributed by atoms with Crippen LogP contribution in [0.3, 0.4) is 0 Å². The molecule has 9 heteroatoms. The fourth-order valence-electron chi connectivity index (χ4n) is 3.94. The first kappa shape index (κ1) is 22.9. The monoisotopic (exact) mass is 463 g/mol. The van der Waals surface area contributed by atoms with E-state index >= 15 is 0 Å². The van der Waals surface area contributed by atoms with Gasteiger partial charge in [0, 0.05) is 33.2 Å². The number of para-hydroxylation sites is 1. The summed E-state index contributed by atoms with van der Waals surface area (Å²) < 4.78 is 8.25. The van der Waals surface area contributed by atoms with Gasteiger partial charge in [-0.3, -0.25) is 14.3 Å². The van der Waals surface area contributed by atoms with Gasteiger partial charge in [-0.25, -0.2) is 9.36 Å². The molecule has 2 heterocycles. The second-order valence-electron chi connectivity index (χ2n) is 8.00. The lowest BCUT2D eigenvalue weighted by Gasteiger charge is -2.33. The first-order chi connectivity index (χ1) is 16.0. The molecular formula is C24H26N5O3P. The Morgan fingerprint density at radius 3 is 2.58 bits per heavy atom. The number of hydrogen-bond acceptors (Lipinski definition) is 6. The second-order valence-corrected chi connectivity index (χ2v) is 8.67. The zero-order valence-corrected chi connectivity index (χ0v) is 19.6. The molecule has 2 aromatic carbocycles. The molecule has 0 saturated carbocycles. The maximum absolute atomic E-state index is 12.9. The van der Waals surface area contributed by atoms with Gasteiger partial charge in [0.25, 0.3) is 5.56 Å². The Labute approximate surface area is 194 Å². The molecule has 1 aromatic heterocycles. The Bertz CT molecular complexity index is 1280. The smallest absolute Gasteiger partial charge is 0.337 e. The third kappa shape index (κ3) is 5.07. The lowest BCUT2D eigenvalue weighted by Crippen LogP contribution is -2.46. The van der Waals surface area contributed by atoms with Crippen molar-refractivity contribution in [2.45, 2.75) is 12.6 Å². The minimum atomic E-state index is -0.624. The highest BCUT2D eigenvalue weighted by atomic mass is 31.0. The molecule has 0 spiro atoms. The van der Waals surface area contributed by atoms with Crippen molar-refractivity contribution in [3.63, 3.8) is 0 Å². The number of nitriles is 1. The average molecular weight is 463 g/mol. The summed E-state index contributed by atoms with van der Waals surface area (Å²) in [4.78, 5) is 27.9. The highest BCUT2D eigenvalue weighted by Crippen LogP contribution is 2.17. The number of benzene rings is 2. The van der Waals surface area contributed by atoms with Crippen LogP contribution in [-0.4, -0.2) is 46.4 Å². The lowest BCUT2D eigenvalue weighted by molar-refractivity contribution is -0.0241. The van der Waals surface area contributed by atoms with Gasteiger partial charge >= 0.3 is 5.69 Å². The standard InChI is InChI=1S/C24H26N5O3P/c1-27-23(30)21(13-25)22(29(24(27)31)18-5-3-2-4-6-18)26-14-19-16-28(11-12-32-19)15-17-7-9-20(33)10-8-17/h2-10,19,26H,11-12,14-16,33H2,1H3. The van der Waals surface area contributed by atoms with Crippen LogP contribution in [0.2, 0.25) is 0 Å². The summed E-state index contributed by atoms with van der Waals surface area (Å²) in [7, 11) is 4.06. The highest BCUT2D eigenvalue weighted by molar-refractivity contribution is 7.27. The van der Waals surface area contributed by atoms with Gasteiger partial charge in [-0.05, 0) is 23.0 Å². The highest BCUT2D eigenvalue weighted by Gasteiger charge is 2.23. The van der Waals surface area contributed by atoms with Gasteiger partial charge < -0.3 is 10.1 Å². The van der Waals surface area contributed by atoms with Crippen molar-refractivity contribution < 1.29 is 4.74 Å². The summed E-state index contributed by atoms with van der Waals surface area (Å²) in [6.45, 7) is 3.27. The summed E-state index contributed by atoms with van der Waals surface area (Å²) >= 11 is 0. The minimum Gasteiger partial charge on any atom is -0.374 e. The Morgan fingerprint density at radius 2 is 1.88 bits per heavy atom. The first-order valence-electron chi connectivity index (χ1n) is 10.7. The molecule has 0 aliphatic carbocycles. The molecule has 1 N–H and O–H groups in total. The van der Waals surface area contributed by atoms with E-state index < -0.39 is 11.2 Å². The van der Waals surface area contributed by atoms with E-state index in [0.717, 1.165) is 23.0 Å². The molecule has 2 atom stereocenters. The lowest BCUT2D eigenvalue weighted by atomic mass is 10.2. The maximum atomic E-state index is 12.9. The van der Waals surface area contributed by atoms with Gasteiger partial charge in [0.05, 0.1) is 18.4 Å². The van der Waals surface area contributed by atoms with E-state index in [1.54, 1.807) is 24.3 Å². The molecule has 4 rings (SSSR count). The van der Waals surface area contributed by atoms with Crippen LogP contribution in [-0.2, 0) is 18.3 Å². The number of aromatic nitrogens is 2. The molecule has 1 aliphatic heterocycles. The van der Waals surface area contributed by atoms with Gasteiger partial charge in [-0.15, -0.1) is 9.24 Å². The Morgan fingerprint density at radius 1 is 1.15 bits per heavy atom. The van der Waals surface area contributed by atoms with Gasteiger partial charge in [0.2, 0.25) is 0 Å². The number of nitrogens with zero attached hydrogens (tertiary/aromatic N) is 4. The van der Waals surface area contributed by atoms with Crippen LogP contribution in [0.4, 0.5) is 5.82 Å². The van der Waals surface area contributed by atoms with E-state index in [-0.39, 0.29) is 17.5 Å². The van der Waals surface area contributed by atoms with E-state index in [9.17, 15) is 14.9 Å². The fraction of sp³-hybridized carbons (Fsp3) is 0.292. The van der Waals surface area contributed by atoms with Crippen molar-refractivity contribution in [2.24, 2.45) is 7.05 Å². The van der Waals surface area contributed by atoms with Crippen LogP contribution in [0.1, 0.15) is 11.1 Å². The number of anilines is 1. The summed E-state index contributed by atoms with van der Waals surface area (Å²) in [6.07, 6.45) is -0.158. The summed E-state index contributed by atoms with van der Waals surface area (Å²) in [5, 5.41) is 14.0.